The van der Waals surface area contributed by atoms with Crippen LogP contribution in [-0.2, 0) is 20.6 Å². The molecule has 0 saturated carbocycles. The zero-order valence-corrected chi connectivity index (χ0v) is 20.4. The molecule has 0 aromatic heterocycles. The second-order valence-corrected chi connectivity index (χ2v) is 10.7. The Morgan fingerprint density at radius 3 is 2.32 bits per heavy atom. The number of hydrogen-bond donors (Lipinski definition) is 1. The molecule has 1 saturated heterocycles. The number of rotatable bonds is 7. The van der Waals surface area contributed by atoms with Gasteiger partial charge in [-0.1, -0.05) is 20.8 Å². The van der Waals surface area contributed by atoms with Crippen molar-refractivity contribution in [2.45, 2.75) is 78.0 Å². The topological polar surface area (TPSA) is 111 Å². The summed E-state index contributed by atoms with van der Waals surface area (Å²) < 4.78 is 44.0. The summed E-state index contributed by atoms with van der Waals surface area (Å²) in [5, 5.41) is 22.8. The second-order valence-electron chi connectivity index (χ2n) is 10.7. The zero-order valence-electron chi connectivity index (χ0n) is 20.4. The maximum absolute atomic E-state index is 13.6. The minimum Gasteiger partial charge on any atom is -0.444 e. The summed E-state index contributed by atoms with van der Waals surface area (Å²) in [4.78, 5) is 25.2. The van der Waals surface area contributed by atoms with E-state index in [4.69, 9.17) is 14.2 Å². The number of hydrogen-bond acceptors (Lipinski definition) is 7. The first-order chi connectivity index (χ1) is 15.6. The van der Waals surface area contributed by atoms with E-state index in [1.54, 1.807) is 20.8 Å². The summed E-state index contributed by atoms with van der Waals surface area (Å²) in [7, 11) is 0. The molecule has 0 bridgehead atoms. The zero-order chi connectivity index (χ0) is 25.8. The molecule has 192 valence electrons. The van der Waals surface area contributed by atoms with Crippen molar-refractivity contribution in [1.82, 2.24) is 4.90 Å². The van der Waals surface area contributed by atoms with Gasteiger partial charge in [0.15, 0.2) is 6.29 Å². The van der Waals surface area contributed by atoms with Crippen molar-refractivity contribution in [3.8, 4) is 0 Å². The molecule has 1 heterocycles. The fourth-order valence-corrected chi connectivity index (χ4v) is 3.45. The van der Waals surface area contributed by atoms with Gasteiger partial charge < -0.3 is 19.3 Å². The van der Waals surface area contributed by atoms with Crippen molar-refractivity contribution in [2.24, 2.45) is 5.41 Å². The molecule has 2 rings (SSSR count). The Kier molecular flexibility index (Phi) is 8.95. The van der Waals surface area contributed by atoms with Crippen LogP contribution in [0, 0.1) is 27.2 Å². The number of nitrogens with zero attached hydrogens (tertiary/aromatic N) is 2. The van der Waals surface area contributed by atoms with Gasteiger partial charge in [0.2, 0.25) is 6.04 Å². The molecular formula is C23H34F2N2O7. The van der Waals surface area contributed by atoms with Crippen LogP contribution in [0.4, 0.5) is 13.6 Å². The van der Waals surface area contributed by atoms with E-state index in [0.29, 0.717) is 12.7 Å². The summed E-state index contributed by atoms with van der Waals surface area (Å²) in [5.74, 6) is -1.77. The summed E-state index contributed by atoms with van der Waals surface area (Å²) in [6.07, 6.45) is -3.77. The van der Waals surface area contributed by atoms with E-state index in [1.807, 2.05) is 20.8 Å². The van der Waals surface area contributed by atoms with E-state index in [0.717, 1.165) is 17.0 Å². The van der Waals surface area contributed by atoms with Crippen LogP contribution in [0.3, 0.4) is 0 Å². The maximum Gasteiger partial charge on any atom is 0.410 e. The van der Waals surface area contributed by atoms with Gasteiger partial charge in [0, 0.05) is 17.4 Å². The van der Waals surface area contributed by atoms with E-state index in [9.17, 15) is 28.8 Å². The summed E-state index contributed by atoms with van der Waals surface area (Å²) in [6, 6.07) is -0.222. The molecule has 1 fully saturated rings. The van der Waals surface area contributed by atoms with E-state index < -0.39 is 59.2 Å². The molecule has 4 unspecified atom stereocenters. The first-order valence-corrected chi connectivity index (χ1v) is 11.0. The molecule has 34 heavy (non-hydrogen) atoms. The number of morpholine rings is 1. The Morgan fingerprint density at radius 1 is 1.24 bits per heavy atom. The summed E-state index contributed by atoms with van der Waals surface area (Å²) in [6.45, 7) is 10.9. The average Bonchev–Trinajstić information content (AvgIpc) is 2.67. The van der Waals surface area contributed by atoms with Gasteiger partial charge in [-0.05, 0) is 43.9 Å². The number of carbonyl (C=O) groups excluding carboxylic acids is 1. The van der Waals surface area contributed by atoms with Crippen molar-refractivity contribution in [1.29, 1.82) is 0 Å². The smallest absolute Gasteiger partial charge is 0.410 e. The fourth-order valence-electron chi connectivity index (χ4n) is 3.45. The first kappa shape index (κ1) is 27.9. The molecule has 9 nitrogen and oxygen atoms in total. The Hall–Kier alpha value is -2.37. The van der Waals surface area contributed by atoms with Gasteiger partial charge in [-0.25, -0.2) is 13.6 Å². The third-order valence-corrected chi connectivity index (χ3v) is 4.96. The summed E-state index contributed by atoms with van der Waals surface area (Å²) in [5.41, 5.74) is -1.02. The normalized spacial score (nSPS) is 21.1. The standard InChI is InChI=1S/C23H34F2N2O7/c1-22(2,3)13-33-19-11-26(21(29)34-23(4,5)6)18(12-32-19)20(28)17(27(30)31)9-14-7-15(24)10-16(25)8-14/h7-8,10,17-20,28H,9,11-13H2,1-6H3. The second kappa shape index (κ2) is 10.9. The fraction of sp³-hybridized carbons (Fsp3) is 0.696. The van der Waals surface area contributed by atoms with Gasteiger partial charge >= 0.3 is 6.09 Å². The SMILES string of the molecule is CC(C)(C)COC1CN(C(=O)OC(C)(C)C)C(C(O)C(Cc2cc(F)cc(F)c2)[N+](=O)[O-])CO1. The third-order valence-electron chi connectivity index (χ3n) is 4.96. The van der Waals surface area contributed by atoms with Crippen LogP contribution < -0.4 is 0 Å². The maximum atomic E-state index is 13.6. The highest BCUT2D eigenvalue weighted by molar-refractivity contribution is 5.69. The number of nitro groups is 1. The molecule has 0 spiro atoms. The predicted octanol–water partition coefficient (Wildman–Crippen LogP) is 3.54. The molecule has 1 N–H and O–H groups in total. The monoisotopic (exact) mass is 488 g/mol. The highest BCUT2D eigenvalue weighted by Gasteiger charge is 2.45. The molecule has 11 heteroatoms. The number of ether oxygens (including phenoxy) is 3. The van der Waals surface area contributed by atoms with Crippen molar-refractivity contribution < 1.29 is 37.8 Å². The number of carbonyl (C=O) groups is 1. The van der Waals surface area contributed by atoms with Crippen LogP contribution in [0.15, 0.2) is 18.2 Å². The predicted molar refractivity (Wildman–Crippen MR) is 119 cm³/mol. The number of aliphatic hydroxyl groups excluding tert-OH is 1. The lowest BCUT2D eigenvalue weighted by Gasteiger charge is -2.42. The number of benzene rings is 1. The van der Waals surface area contributed by atoms with Gasteiger partial charge in [-0.15, -0.1) is 0 Å². The van der Waals surface area contributed by atoms with Crippen LogP contribution >= 0.6 is 0 Å². The number of aliphatic hydroxyl groups is 1. The van der Waals surface area contributed by atoms with Crippen LogP contribution in [0.5, 0.6) is 0 Å². The lowest BCUT2D eigenvalue weighted by atomic mass is 9.95. The van der Waals surface area contributed by atoms with E-state index in [-0.39, 0.29) is 24.1 Å². The first-order valence-electron chi connectivity index (χ1n) is 11.0. The highest BCUT2D eigenvalue weighted by atomic mass is 19.1. The van der Waals surface area contributed by atoms with Crippen LogP contribution in [0.2, 0.25) is 0 Å². The van der Waals surface area contributed by atoms with E-state index in [1.165, 1.54) is 0 Å². The molecule has 0 radical (unpaired) electrons. The van der Waals surface area contributed by atoms with Gasteiger partial charge in [0.05, 0.1) is 25.8 Å². The Labute approximate surface area is 198 Å². The Balaban J connectivity index is 2.27. The molecule has 1 aliphatic rings. The van der Waals surface area contributed by atoms with Gasteiger partial charge in [0.25, 0.3) is 0 Å². The van der Waals surface area contributed by atoms with E-state index >= 15 is 0 Å². The van der Waals surface area contributed by atoms with Crippen molar-refractivity contribution in [3.05, 3.63) is 45.5 Å². The minimum atomic E-state index is -1.71. The van der Waals surface area contributed by atoms with Crippen LogP contribution in [0.1, 0.15) is 47.1 Å². The minimum absolute atomic E-state index is 0.00480. The molecule has 1 amide bonds. The molecule has 1 aromatic rings. The van der Waals surface area contributed by atoms with Gasteiger partial charge in [-0.2, -0.15) is 0 Å². The molecule has 4 atom stereocenters. The molecule has 1 aromatic carbocycles. The Bertz CT molecular complexity index is 850. The van der Waals surface area contributed by atoms with Gasteiger partial charge in [0.1, 0.15) is 23.3 Å². The third kappa shape index (κ3) is 8.44. The largest absolute Gasteiger partial charge is 0.444 e. The van der Waals surface area contributed by atoms with Crippen molar-refractivity contribution >= 4 is 6.09 Å². The van der Waals surface area contributed by atoms with Crippen LogP contribution in [0.25, 0.3) is 0 Å². The Morgan fingerprint density at radius 2 is 1.82 bits per heavy atom. The quantitative estimate of drug-likeness (QED) is 0.462. The number of amides is 1. The number of halogens is 2. The highest BCUT2D eigenvalue weighted by Crippen LogP contribution is 2.25. The lowest BCUT2D eigenvalue weighted by molar-refractivity contribution is -0.536. The van der Waals surface area contributed by atoms with Gasteiger partial charge in [-0.3, -0.25) is 15.0 Å². The van der Waals surface area contributed by atoms with E-state index in [2.05, 4.69) is 0 Å². The average molecular weight is 489 g/mol. The summed E-state index contributed by atoms with van der Waals surface area (Å²) >= 11 is 0. The van der Waals surface area contributed by atoms with Crippen LogP contribution in [-0.4, -0.2) is 70.9 Å². The molecule has 1 aliphatic heterocycles. The van der Waals surface area contributed by atoms with Crippen molar-refractivity contribution in [3.63, 3.8) is 0 Å². The van der Waals surface area contributed by atoms with Crippen molar-refractivity contribution in [2.75, 3.05) is 19.8 Å². The molecule has 0 aliphatic carbocycles. The molecular weight excluding hydrogens is 454 g/mol. The lowest BCUT2D eigenvalue weighted by Crippen LogP contribution is -2.61.